The lowest BCUT2D eigenvalue weighted by molar-refractivity contribution is -0.150. The van der Waals surface area contributed by atoms with Crippen LogP contribution in [0.3, 0.4) is 0 Å². The molecule has 1 aliphatic heterocycles. The van der Waals surface area contributed by atoms with Crippen molar-refractivity contribution in [3.63, 3.8) is 0 Å². The Kier molecular flexibility index (Phi) is 4.45. The monoisotopic (exact) mass is 243 g/mol. The van der Waals surface area contributed by atoms with Gasteiger partial charge in [0, 0.05) is 13.6 Å². The summed E-state index contributed by atoms with van der Waals surface area (Å²) in [7, 11) is 1.46. The predicted octanol–water partition coefficient (Wildman–Crippen LogP) is -1.60. The van der Waals surface area contributed by atoms with E-state index in [0.29, 0.717) is 6.42 Å². The Morgan fingerprint density at radius 1 is 1.59 bits per heavy atom. The van der Waals surface area contributed by atoms with E-state index < -0.39 is 18.1 Å². The van der Waals surface area contributed by atoms with Gasteiger partial charge >= 0.3 is 5.97 Å². The second-order valence-corrected chi connectivity index (χ2v) is 3.95. The molecule has 17 heavy (non-hydrogen) atoms. The molecule has 7 nitrogen and oxygen atoms in total. The van der Waals surface area contributed by atoms with Gasteiger partial charge in [-0.15, -0.1) is 0 Å². The molecule has 0 aromatic heterocycles. The van der Waals surface area contributed by atoms with Crippen LogP contribution in [0.15, 0.2) is 0 Å². The summed E-state index contributed by atoms with van der Waals surface area (Å²) in [5.74, 6) is -1.51. The second kappa shape index (κ2) is 5.62. The summed E-state index contributed by atoms with van der Waals surface area (Å²) in [5, 5.41) is 14.3. The topological polar surface area (TPSA) is 98.7 Å². The third-order valence-electron chi connectivity index (χ3n) is 2.80. The Morgan fingerprint density at radius 2 is 2.24 bits per heavy atom. The van der Waals surface area contributed by atoms with Crippen molar-refractivity contribution < 1.29 is 19.5 Å². The molecule has 1 aliphatic rings. The smallest absolute Gasteiger partial charge is 0.326 e. The Morgan fingerprint density at radius 3 is 2.65 bits per heavy atom. The number of amides is 2. The van der Waals surface area contributed by atoms with Gasteiger partial charge in [0.25, 0.3) is 0 Å². The van der Waals surface area contributed by atoms with Gasteiger partial charge in [0.2, 0.25) is 11.8 Å². The van der Waals surface area contributed by atoms with Crippen LogP contribution in [0.25, 0.3) is 0 Å². The number of aliphatic carboxylic acids is 1. The molecule has 0 spiro atoms. The first-order valence-corrected chi connectivity index (χ1v) is 5.47. The van der Waals surface area contributed by atoms with Gasteiger partial charge in [-0.3, -0.25) is 14.9 Å². The van der Waals surface area contributed by atoms with Gasteiger partial charge in [0.15, 0.2) is 0 Å². The van der Waals surface area contributed by atoms with E-state index in [2.05, 4.69) is 10.6 Å². The molecule has 2 atom stereocenters. The Hall–Kier alpha value is -1.63. The molecule has 1 rings (SSSR count). The minimum absolute atomic E-state index is 0.0775. The number of hydrogen-bond acceptors (Lipinski definition) is 4. The van der Waals surface area contributed by atoms with E-state index >= 15 is 0 Å². The van der Waals surface area contributed by atoms with Gasteiger partial charge in [-0.1, -0.05) is 6.92 Å². The molecule has 1 heterocycles. The number of piperazine rings is 1. The van der Waals surface area contributed by atoms with E-state index in [1.54, 1.807) is 6.92 Å². The third kappa shape index (κ3) is 3.16. The van der Waals surface area contributed by atoms with Crippen LogP contribution in [0.5, 0.6) is 0 Å². The number of likely N-dealkylation sites (N-methyl/N-ethyl adjacent to an activating group) is 1. The standard InChI is InChI=1S/C10H17N3O4/c1-3-7(10(16)17)13(2)9(15)6-4-12-8(14)5-11-6/h6-7,11H,3-5H2,1-2H3,(H,12,14)(H,16,17). The Balaban J connectivity index is 2.62. The zero-order valence-corrected chi connectivity index (χ0v) is 9.90. The SMILES string of the molecule is CCC(C(=O)O)N(C)C(=O)C1CNC(=O)CN1. The highest BCUT2D eigenvalue weighted by molar-refractivity contribution is 5.89. The van der Waals surface area contributed by atoms with E-state index in [9.17, 15) is 14.4 Å². The summed E-state index contributed by atoms with van der Waals surface area (Å²) < 4.78 is 0. The highest BCUT2D eigenvalue weighted by atomic mass is 16.4. The number of nitrogens with zero attached hydrogens (tertiary/aromatic N) is 1. The van der Waals surface area contributed by atoms with Crippen LogP contribution in [0.1, 0.15) is 13.3 Å². The molecule has 7 heteroatoms. The molecular weight excluding hydrogens is 226 g/mol. The highest BCUT2D eigenvalue weighted by Crippen LogP contribution is 2.05. The summed E-state index contributed by atoms with van der Waals surface area (Å²) >= 11 is 0. The van der Waals surface area contributed by atoms with Crippen molar-refractivity contribution in [3.05, 3.63) is 0 Å². The fraction of sp³-hybridized carbons (Fsp3) is 0.700. The fourth-order valence-corrected chi connectivity index (χ4v) is 1.75. The summed E-state index contributed by atoms with van der Waals surface area (Å²) in [6, 6.07) is -1.38. The molecular formula is C10H17N3O4. The van der Waals surface area contributed by atoms with Crippen molar-refractivity contribution in [2.45, 2.75) is 25.4 Å². The first kappa shape index (κ1) is 13.4. The predicted molar refractivity (Wildman–Crippen MR) is 59.3 cm³/mol. The molecule has 2 amide bonds. The number of carbonyl (C=O) groups is 3. The van der Waals surface area contributed by atoms with E-state index in [-0.39, 0.29) is 24.9 Å². The van der Waals surface area contributed by atoms with E-state index in [0.717, 1.165) is 0 Å². The molecule has 0 aliphatic carbocycles. The summed E-state index contributed by atoms with van der Waals surface area (Å²) in [5.41, 5.74) is 0. The average molecular weight is 243 g/mol. The van der Waals surface area contributed by atoms with Crippen molar-refractivity contribution in [1.29, 1.82) is 0 Å². The Labute approximate surface area is 99.2 Å². The van der Waals surface area contributed by atoms with Crippen LogP contribution in [-0.4, -0.2) is 60.0 Å². The lowest BCUT2D eigenvalue weighted by Crippen LogP contribution is -2.60. The molecule has 0 bridgehead atoms. The third-order valence-corrected chi connectivity index (χ3v) is 2.80. The number of carboxylic acids is 1. The van der Waals surface area contributed by atoms with Crippen LogP contribution < -0.4 is 10.6 Å². The number of nitrogens with one attached hydrogen (secondary N) is 2. The minimum atomic E-state index is -1.02. The van der Waals surface area contributed by atoms with E-state index in [4.69, 9.17) is 5.11 Å². The van der Waals surface area contributed by atoms with E-state index in [1.807, 2.05) is 0 Å². The number of carboxylic acid groups (broad SMARTS) is 1. The Bertz CT molecular complexity index is 322. The summed E-state index contributed by atoms with van der Waals surface area (Å²) in [6.45, 7) is 1.98. The summed E-state index contributed by atoms with van der Waals surface area (Å²) in [6.07, 6.45) is 0.344. The molecule has 0 aromatic carbocycles. The zero-order chi connectivity index (χ0) is 13.0. The van der Waals surface area contributed by atoms with Crippen molar-refractivity contribution in [2.75, 3.05) is 20.1 Å². The lowest BCUT2D eigenvalue weighted by Gasteiger charge is -2.30. The van der Waals surface area contributed by atoms with Crippen LogP contribution in [0, 0.1) is 0 Å². The number of rotatable bonds is 4. The van der Waals surface area contributed by atoms with Gasteiger partial charge in [-0.05, 0) is 6.42 Å². The molecule has 0 saturated carbocycles. The van der Waals surface area contributed by atoms with Crippen molar-refractivity contribution in [2.24, 2.45) is 0 Å². The molecule has 0 aromatic rings. The van der Waals surface area contributed by atoms with Crippen LogP contribution in [-0.2, 0) is 14.4 Å². The van der Waals surface area contributed by atoms with Gasteiger partial charge in [0.05, 0.1) is 6.54 Å². The zero-order valence-electron chi connectivity index (χ0n) is 9.90. The van der Waals surface area contributed by atoms with Gasteiger partial charge < -0.3 is 15.3 Å². The molecule has 1 fully saturated rings. The highest BCUT2D eigenvalue weighted by Gasteiger charge is 2.31. The number of hydrogen-bond donors (Lipinski definition) is 3. The van der Waals surface area contributed by atoms with Gasteiger partial charge in [-0.25, -0.2) is 4.79 Å². The summed E-state index contributed by atoms with van der Waals surface area (Å²) in [4.78, 5) is 35.0. The number of carbonyl (C=O) groups excluding carboxylic acids is 2. The molecule has 3 N–H and O–H groups in total. The molecule has 96 valence electrons. The largest absolute Gasteiger partial charge is 0.480 e. The maximum Gasteiger partial charge on any atom is 0.326 e. The molecule has 1 saturated heterocycles. The first-order chi connectivity index (χ1) is 7.97. The second-order valence-electron chi connectivity index (χ2n) is 3.95. The van der Waals surface area contributed by atoms with Crippen LogP contribution >= 0.6 is 0 Å². The van der Waals surface area contributed by atoms with Crippen LogP contribution in [0.4, 0.5) is 0 Å². The fourth-order valence-electron chi connectivity index (χ4n) is 1.75. The van der Waals surface area contributed by atoms with Gasteiger partial charge in [0.1, 0.15) is 12.1 Å². The van der Waals surface area contributed by atoms with Gasteiger partial charge in [-0.2, -0.15) is 0 Å². The normalized spacial score (nSPS) is 21.5. The lowest BCUT2D eigenvalue weighted by atomic mass is 10.1. The molecule has 0 radical (unpaired) electrons. The molecule has 2 unspecified atom stereocenters. The van der Waals surface area contributed by atoms with Crippen molar-refractivity contribution in [1.82, 2.24) is 15.5 Å². The maximum atomic E-state index is 12.0. The van der Waals surface area contributed by atoms with Crippen LogP contribution in [0.2, 0.25) is 0 Å². The van der Waals surface area contributed by atoms with E-state index in [1.165, 1.54) is 11.9 Å². The van der Waals surface area contributed by atoms with Crippen molar-refractivity contribution in [3.8, 4) is 0 Å². The quantitative estimate of drug-likeness (QED) is 0.552. The average Bonchev–Trinajstić information content (AvgIpc) is 2.29. The maximum absolute atomic E-state index is 12.0. The first-order valence-electron chi connectivity index (χ1n) is 5.47. The van der Waals surface area contributed by atoms with Crippen molar-refractivity contribution >= 4 is 17.8 Å². The minimum Gasteiger partial charge on any atom is -0.480 e.